The molecule has 9 heteroatoms. The molecule has 0 spiro atoms. The van der Waals surface area contributed by atoms with Gasteiger partial charge in [-0.3, -0.25) is 9.69 Å². The van der Waals surface area contributed by atoms with Crippen LogP contribution in [0.5, 0.6) is 0 Å². The Balaban J connectivity index is 1.78. The summed E-state index contributed by atoms with van der Waals surface area (Å²) in [5.41, 5.74) is 1.77. The van der Waals surface area contributed by atoms with Crippen molar-refractivity contribution in [1.82, 2.24) is 20.2 Å². The molecule has 30 heavy (non-hydrogen) atoms. The number of aliphatic carboxylic acids is 1. The molecule has 2 aromatic rings. The number of carboxylic acids is 1. The van der Waals surface area contributed by atoms with Crippen LogP contribution < -0.4 is 15.5 Å². The van der Waals surface area contributed by atoms with Crippen molar-refractivity contribution in [2.45, 2.75) is 52.7 Å². The van der Waals surface area contributed by atoms with Crippen molar-refractivity contribution in [3.8, 4) is 0 Å². The van der Waals surface area contributed by atoms with Crippen LogP contribution in [0.1, 0.15) is 34.1 Å². The number of nitrogens with one attached hydrogen (secondary N) is 2. The molecule has 0 fully saturated rings. The Kier molecular flexibility index (Phi) is 6.28. The van der Waals surface area contributed by atoms with E-state index in [2.05, 4.69) is 15.6 Å². The van der Waals surface area contributed by atoms with Crippen LogP contribution in [-0.4, -0.2) is 51.2 Å². The Labute approximate surface area is 175 Å². The molecule has 1 aliphatic rings. The van der Waals surface area contributed by atoms with E-state index < -0.39 is 30.0 Å². The van der Waals surface area contributed by atoms with E-state index in [9.17, 15) is 19.5 Å². The number of hydrogen-bond acceptors (Lipinski definition) is 4. The van der Waals surface area contributed by atoms with Gasteiger partial charge in [0.05, 0.1) is 11.0 Å². The van der Waals surface area contributed by atoms with Gasteiger partial charge in [0.25, 0.3) is 0 Å². The Morgan fingerprint density at radius 2 is 1.80 bits per heavy atom. The molecule has 9 nitrogen and oxygen atoms in total. The zero-order chi connectivity index (χ0) is 22.0. The summed E-state index contributed by atoms with van der Waals surface area (Å²) < 4.78 is 1.98. The molecule has 0 radical (unpaired) electrons. The fourth-order valence-electron chi connectivity index (χ4n) is 3.65. The van der Waals surface area contributed by atoms with Crippen molar-refractivity contribution in [1.29, 1.82) is 0 Å². The summed E-state index contributed by atoms with van der Waals surface area (Å²) in [6.45, 7) is 8.31. The van der Waals surface area contributed by atoms with Crippen molar-refractivity contribution in [2.75, 3.05) is 11.4 Å². The number of fused-ring (bicyclic) bond motifs is 3. The summed E-state index contributed by atoms with van der Waals surface area (Å²) >= 11 is 0. The zero-order valence-corrected chi connectivity index (χ0v) is 17.8. The van der Waals surface area contributed by atoms with E-state index in [0.29, 0.717) is 25.5 Å². The highest BCUT2D eigenvalue weighted by atomic mass is 16.4. The number of aromatic nitrogens is 2. The second-order valence-corrected chi connectivity index (χ2v) is 8.09. The third-order valence-electron chi connectivity index (χ3n) is 5.67. The van der Waals surface area contributed by atoms with Crippen molar-refractivity contribution in [2.24, 2.45) is 11.8 Å². The molecule has 3 N–H and O–H groups in total. The number of benzene rings is 1. The number of urea groups is 1. The molecule has 0 bridgehead atoms. The molecule has 0 aliphatic carbocycles. The highest BCUT2D eigenvalue weighted by molar-refractivity contribution is 5.97. The predicted molar refractivity (Wildman–Crippen MR) is 113 cm³/mol. The smallest absolute Gasteiger partial charge is 0.326 e. The van der Waals surface area contributed by atoms with Crippen LogP contribution in [-0.2, 0) is 16.1 Å². The number of carbonyl (C=O) groups excluding carboxylic acids is 2. The molecule has 3 amide bonds. The molecular formula is C21H29N5O4. The highest BCUT2D eigenvalue weighted by Gasteiger charge is 2.34. The number of nitrogens with zero attached hydrogens (tertiary/aromatic N) is 3. The summed E-state index contributed by atoms with van der Waals surface area (Å²) in [7, 11) is 0. The fraction of sp³-hybridized carbons (Fsp3) is 0.524. The number of para-hydroxylation sites is 2. The lowest BCUT2D eigenvalue weighted by Crippen LogP contribution is -2.57. The van der Waals surface area contributed by atoms with Crippen LogP contribution in [0.2, 0.25) is 0 Å². The third kappa shape index (κ3) is 4.10. The predicted octanol–water partition coefficient (Wildman–Crippen LogP) is 2.21. The van der Waals surface area contributed by atoms with Crippen LogP contribution in [0.3, 0.4) is 0 Å². The van der Waals surface area contributed by atoms with Gasteiger partial charge in [-0.15, -0.1) is 0 Å². The zero-order valence-electron chi connectivity index (χ0n) is 17.8. The first-order valence-corrected chi connectivity index (χ1v) is 10.3. The van der Waals surface area contributed by atoms with E-state index >= 15 is 0 Å². The first-order valence-electron chi connectivity index (χ1n) is 10.3. The lowest BCUT2D eigenvalue weighted by atomic mass is 9.97. The van der Waals surface area contributed by atoms with Gasteiger partial charge >= 0.3 is 12.0 Å². The Morgan fingerprint density at radius 3 is 2.43 bits per heavy atom. The number of anilines is 1. The molecule has 0 saturated heterocycles. The number of imidazole rings is 1. The van der Waals surface area contributed by atoms with E-state index in [4.69, 9.17) is 0 Å². The minimum Gasteiger partial charge on any atom is -0.480 e. The molecule has 2 heterocycles. The van der Waals surface area contributed by atoms with Gasteiger partial charge in [0.1, 0.15) is 12.1 Å². The first-order chi connectivity index (χ1) is 14.2. The average molecular weight is 415 g/mol. The second-order valence-electron chi connectivity index (χ2n) is 8.09. The van der Waals surface area contributed by atoms with Crippen LogP contribution >= 0.6 is 0 Å². The molecule has 1 aliphatic heterocycles. The molecule has 1 aromatic heterocycles. The molecule has 1 aromatic carbocycles. The molecule has 1 unspecified atom stereocenters. The largest absolute Gasteiger partial charge is 0.480 e. The first kappa shape index (κ1) is 21.6. The van der Waals surface area contributed by atoms with E-state index in [0.717, 1.165) is 11.0 Å². The van der Waals surface area contributed by atoms with Gasteiger partial charge in [-0.1, -0.05) is 46.2 Å². The van der Waals surface area contributed by atoms with E-state index in [1.807, 2.05) is 42.7 Å². The molecule has 0 saturated carbocycles. The van der Waals surface area contributed by atoms with E-state index in [-0.39, 0.29) is 11.8 Å². The number of hydrogen-bond donors (Lipinski definition) is 3. The molecular weight excluding hydrogens is 386 g/mol. The van der Waals surface area contributed by atoms with Crippen LogP contribution in [0.25, 0.3) is 11.0 Å². The maximum atomic E-state index is 13.0. The van der Waals surface area contributed by atoms with Crippen molar-refractivity contribution in [3.05, 3.63) is 24.3 Å². The SMILES string of the molecule is CCC(C)[C@H](NC(=O)N1CCn2c1nc1ccccc12)C(=O)N[C@@H](C(=O)O)C(C)C. The average Bonchev–Trinajstić information content (AvgIpc) is 3.28. The minimum absolute atomic E-state index is 0.169. The van der Waals surface area contributed by atoms with Crippen molar-refractivity contribution < 1.29 is 19.5 Å². The number of carboxylic acid groups (broad SMARTS) is 1. The van der Waals surface area contributed by atoms with E-state index in [1.165, 1.54) is 4.90 Å². The monoisotopic (exact) mass is 415 g/mol. The van der Waals surface area contributed by atoms with Gasteiger partial charge in [0.2, 0.25) is 11.9 Å². The quantitative estimate of drug-likeness (QED) is 0.641. The number of amides is 3. The molecule has 3 rings (SSSR count). The standard InChI is InChI=1S/C21H29N5O4/c1-5-13(4)17(18(27)23-16(12(2)3)19(28)29)24-21(30)26-11-10-25-15-9-7-6-8-14(15)22-20(25)26/h6-9,12-13,16-17H,5,10-11H2,1-4H3,(H,23,27)(H,24,30)(H,28,29)/t13?,16-,17+/m1/s1. The van der Waals surface area contributed by atoms with Gasteiger partial charge in [-0.05, 0) is 24.0 Å². The van der Waals surface area contributed by atoms with Gasteiger partial charge in [-0.2, -0.15) is 0 Å². The van der Waals surface area contributed by atoms with Crippen LogP contribution in [0, 0.1) is 11.8 Å². The topological polar surface area (TPSA) is 117 Å². The molecule has 162 valence electrons. The Morgan fingerprint density at radius 1 is 1.10 bits per heavy atom. The Bertz CT molecular complexity index is 954. The van der Waals surface area contributed by atoms with Gasteiger partial charge < -0.3 is 20.3 Å². The molecule has 3 atom stereocenters. The van der Waals surface area contributed by atoms with Gasteiger partial charge in [-0.25, -0.2) is 14.6 Å². The highest BCUT2D eigenvalue weighted by Crippen LogP contribution is 2.27. The number of rotatable bonds is 7. The van der Waals surface area contributed by atoms with Gasteiger partial charge in [0.15, 0.2) is 0 Å². The third-order valence-corrected chi connectivity index (χ3v) is 5.67. The Hall–Kier alpha value is -3.10. The summed E-state index contributed by atoms with van der Waals surface area (Å²) in [6, 6.07) is 5.40. The van der Waals surface area contributed by atoms with Crippen molar-refractivity contribution >= 4 is 34.9 Å². The lowest BCUT2D eigenvalue weighted by Gasteiger charge is -2.28. The maximum Gasteiger partial charge on any atom is 0.326 e. The van der Waals surface area contributed by atoms with Crippen molar-refractivity contribution in [3.63, 3.8) is 0 Å². The summed E-state index contributed by atoms with van der Waals surface area (Å²) in [4.78, 5) is 43.5. The summed E-state index contributed by atoms with van der Waals surface area (Å²) in [5, 5.41) is 14.8. The van der Waals surface area contributed by atoms with Crippen LogP contribution in [0.15, 0.2) is 24.3 Å². The normalized spacial score (nSPS) is 16.2. The second kappa shape index (κ2) is 8.73. The maximum absolute atomic E-state index is 13.0. The number of carbonyl (C=O) groups is 3. The minimum atomic E-state index is -1.10. The van der Waals surface area contributed by atoms with Crippen LogP contribution in [0.4, 0.5) is 10.7 Å². The summed E-state index contributed by atoms with van der Waals surface area (Å²) in [6.07, 6.45) is 0.649. The summed E-state index contributed by atoms with van der Waals surface area (Å²) in [5.74, 6) is -1.50. The fourth-order valence-corrected chi connectivity index (χ4v) is 3.65. The lowest BCUT2D eigenvalue weighted by molar-refractivity contribution is -0.143. The van der Waals surface area contributed by atoms with E-state index in [1.54, 1.807) is 13.8 Å². The van der Waals surface area contributed by atoms with Gasteiger partial charge in [0, 0.05) is 13.1 Å².